The highest BCUT2D eigenvalue weighted by Crippen LogP contribution is 2.25. The molecule has 1 aliphatic heterocycles. The van der Waals surface area contributed by atoms with Crippen molar-refractivity contribution in [3.63, 3.8) is 0 Å². The van der Waals surface area contributed by atoms with Gasteiger partial charge >= 0.3 is 0 Å². The van der Waals surface area contributed by atoms with Gasteiger partial charge in [-0.1, -0.05) is 24.3 Å². The molecular formula is C24H25N7O. The van der Waals surface area contributed by atoms with Crippen LogP contribution in [0.3, 0.4) is 0 Å². The van der Waals surface area contributed by atoms with Crippen LogP contribution < -0.4 is 16.8 Å². The Balaban J connectivity index is 1.24. The van der Waals surface area contributed by atoms with E-state index in [4.69, 9.17) is 16.5 Å². The third kappa shape index (κ3) is 3.87. The van der Waals surface area contributed by atoms with Crippen LogP contribution >= 0.6 is 0 Å². The molecule has 0 atom stereocenters. The molecule has 0 unspecified atom stereocenters. The number of rotatable bonds is 4. The van der Waals surface area contributed by atoms with Crippen LogP contribution in [0.5, 0.6) is 0 Å². The molecule has 1 amide bonds. The number of benzene rings is 1. The summed E-state index contributed by atoms with van der Waals surface area (Å²) >= 11 is 0. The maximum atomic E-state index is 12.9. The number of nitrogens with zero attached hydrogens (tertiary/aromatic N) is 4. The summed E-state index contributed by atoms with van der Waals surface area (Å²) in [6.07, 6.45) is 7.32. The fourth-order valence-electron chi connectivity index (χ4n) is 4.36. The number of amides is 1. The summed E-state index contributed by atoms with van der Waals surface area (Å²) < 4.78 is 0. The molecule has 5 rings (SSSR count). The lowest BCUT2D eigenvalue weighted by Crippen LogP contribution is -2.36. The Morgan fingerprint density at radius 1 is 1.06 bits per heavy atom. The maximum Gasteiger partial charge on any atom is 0.255 e. The summed E-state index contributed by atoms with van der Waals surface area (Å²) in [6.45, 7) is 1.08. The van der Waals surface area contributed by atoms with E-state index in [2.05, 4.69) is 39.6 Å². The van der Waals surface area contributed by atoms with Gasteiger partial charge in [0.05, 0.1) is 22.6 Å². The molecular weight excluding hydrogens is 402 g/mol. The SMILES string of the molecule is N/C=C(\N)c1ccc(C(=O)N2CCc3nc(NC4Cc5ccccc5C4)ncc3C2)cn1. The number of aromatic nitrogens is 3. The van der Waals surface area contributed by atoms with Gasteiger partial charge in [-0.15, -0.1) is 0 Å². The number of hydrogen-bond donors (Lipinski definition) is 3. The van der Waals surface area contributed by atoms with E-state index in [0.29, 0.717) is 48.5 Å². The van der Waals surface area contributed by atoms with E-state index in [1.165, 1.54) is 23.5 Å². The first kappa shape index (κ1) is 20.0. The van der Waals surface area contributed by atoms with Crippen LogP contribution in [0.1, 0.15) is 38.4 Å². The Morgan fingerprint density at radius 2 is 1.84 bits per heavy atom. The van der Waals surface area contributed by atoms with E-state index >= 15 is 0 Å². The number of carbonyl (C=O) groups excluding carboxylic acids is 1. The number of anilines is 1. The Hall–Kier alpha value is -3.94. The predicted octanol–water partition coefficient (Wildman–Crippen LogP) is 1.87. The zero-order chi connectivity index (χ0) is 22.1. The van der Waals surface area contributed by atoms with Crippen molar-refractivity contribution < 1.29 is 4.79 Å². The van der Waals surface area contributed by atoms with Gasteiger partial charge < -0.3 is 21.7 Å². The van der Waals surface area contributed by atoms with Crippen molar-refractivity contribution in [2.24, 2.45) is 11.5 Å². The maximum absolute atomic E-state index is 12.9. The fourth-order valence-corrected chi connectivity index (χ4v) is 4.36. The number of nitrogens with two attached hydrogens (primary N) is 2. The van der Waals surface area contributed by atoms with Crippen LogP contribution in [0.15, 0.2) is 55.0 Å². The van der Waals surface area contributed by atoms with Crippen LogP contribution in [0.4, 0.5) is 5.95 Å². The summed E-state index contributed by atoms with van der Waals surface area (Å²) in [5.74, 6) is 0.586. The van der Waals surface area contributed by atoms with Gasteiger partial charge in [0, 0.05) is 49.7 Å². The number of pyridine rings is 1. The van der Waals surface area contributed by atoms with Crippen molar-refractivity contribution in [3.8, 4) is 0 Å². The summed E-state index contributed by atoms with van der Waals surface area (Å²) in [5, 5.41) is 3.48. The van der Waals surface area contributed by atoms with Crippen LogP contribution in [-0.2, 0) is 25.8 Å². The smallest absolute Gasteiger partial charge is 0.255 e. The molecule has 0 saturated heterocycles. The van der Waals surface area contributed by atoms with Crippen LogP contribution in [0, 0.1) is 0 Å². The highest BCUT2D eigenvalue weighted by Gasteiger charge is 2.25. The van der Waals surface area contributed by atoms with E-state index in [9.17, 15) is 4.79 Å². The van der Waals surface area contributed by atoms with Crippen molar-refractivity contribution in [2.75, 3.05) is 11.9 Å². The highest BCUT2D eigenvalue weighted by molar-refractivity contribution is 5.94. The minimum absolute atomic E-state index is 0.0732. The van der Waals surface area contributed by atoms with Gasteiger partial charge in [-0.2, -0.15) is 0 Å². The standard InChI is InChI=1S/C24H25N7O/c25-11-20(26)22-6-5-17(12-27-22)23(32)31-8-7-21-18(14-31)13-28-24(30-21)29-19-9-15-3-1-2-4-16(15)10-19/h1-6,11-13,19H,7-10,14,25-26H2,(H,28,29,30)/b20-11-. The number of nitrogens with one attached hydrogen (secondary N) is 1. The van der Waals surface area contributed by atoms with Crippen molar-refractivity contribution in [3.05, 3.63) is 88.6 Å². The third-order valence-electron chi connectivity index (χ3n) is 6.09. The van der Waals surface area contributed by atoms with Gasteiger partial charge in [0.1, 0.15) is 0 Å². The van der Waals surface area contributed by atoms with Crippen LogP contribution in [-0.4, -0.2) is 38.3 Å². The minimum atomic E-state index is -0.0732. The molecule has 0 saturated carbocycles. The van der Waals surface area contributed by atoms with Crippen molar-refractivity contribution in [1.82, 2.24) is 19.9 Å². The van der Waals surface area contributed by atoms with E-state index in [1.54, 1.807) is 17.0 Å². The molecule has 8 heteroatoms. The molecule has 0 radical (unpaired) electrons. The molecule has 3 aromatic rings. The van der Waals surface area contributed by atoms with E-state index in [-0.39, 0.29) is 5.91 Å². The second-order valence-electron chi connectivity index (χ2n) is 8.21. The molecule has 0 spiro atoms. The van der Waals surface area contributed by atoms with E-state index in [1.807, 2.05) is 6.20 Å². The Kier molecular flexibility index (Phi) is 5.18. The summed E-state index contributed by atoms with van der Waals surface area (Å²) in [6, 6.07) is 12.3. The Bertz CT molecular complexity index is 1160. The van der Waals surface area contributed by atoms with Gasteiger partial charge in [-0.25, -0.2) is 9.97 Å². The number of fused-ring (bicyclic) bond motifs is 2. The monoisotopic (exact) mass is 427 g/mol. The molecule has 162 valence electrons. The van der Waals surface area contributed by atoms with Gasteiger partial charge in [0.25, 0.3) is 5.91 Å². The third-order valence-corrected chi connectivity index (χ3v) is 6.09. The summed E-state index contributed by atoms with van der Waals surface area (Å²) in [4.78, 5) is 28.2. The lowest BCUT2D eigenvalue weighted by Gasteiger charge is -2.28. The summed E-state index contributed by atoms with van der Waals surface area (Å²) in [7, 11) is 0. The second-order valence-corrected chi connectivity index (χ2v) is 8.21. The van der Waals surface area contributed by atoms with Crippen molar-refractivity contribution in [2.45, 2.75) is 31.8 Å². The van der Waals surface area contributed by atoms with Gasteiger partial charge in [0.2, 0.25) is 5.95 Å². The lowest BCUT2D eigenvalue weighted by molar-refractivity contribution is 0.0733. The molecule has 1 aliphatic carbocycles. The highest BCUT2D eigenvalue weighted by atomic mass is 16.2. The van der Waals surface area contributed by atoms with E-state index < -0.39 is 0 Å². The predicted molar refractivity (Wildman–Crippen MR) is 122 cm³/mol. The molecule has 0 bridgehead atoms. The molecule has 5 N–H and O–H groups in total. The first-order valence-electron chi connectivity index (χ1n) is 10.7. The zero-order valence-corrected chi connectivity index (χ0v) is 17.7. The molecule has 3 heterocycles. The normalized spacial score (nSPS) is 15.9. The van der Waals surface area contributed by atoms with Gasteiger partial charge in [-0.05, 0) is 36.1 Å². The number of hydrogen-bond acceptors (Lipinski definition) is 7. The van der Waals surface area contributed by atoms with E-state index in [0.717, 1.165) is 24.1 Å². The van der Waals surface area contributed by atoms with Crippen LogP contribution in [0.25, 0.3) is 5.70 Å². The number of carbonyl (C=O) groups is 1. The quantitative estimate of drug-likeness (QED) is 0.581. The molecule has 0 fully saturated rings. The average Bonchev–Trinajstić information content (AvgIpc) is 3.25. The topological polar surface area (TPSA) is 123 Å². The first-order valence-corrected chi connectivity index (χ1v) is 10.7. The van der Waals surface area contributed by atoms with Crippen molar-refractivity contribution in [1.29, 1.82) is 0 Å². The Morgan fingerprint density at radius 3 is 2.53 bits per heavy atom. The molecule has 1 aromatic carbocycles. The molecule has 32 heavy (non-hydrogen) atoms. The molecule has 2 aromatic heterocycles. The molecule has 2 aliphatic rings. The lowest BCUT2D eigenvalue weighted by atomic mass is 10.1. The van der Waals surface area contributed by atoms with Gasteiger partial charge in [-0.3, -0.25) is 9.78 Å². The fraction of sp³-hybridized carbons (Fsp3) is 0.250. The minimum Gasteiger partial charge on any atom is -0.403 e. The zero-order valence-electron chi connectivity index (χ0n) is 17.7. The van der Waals surface area contributed by atoms with Gasteiger partial charge in [0.15, 0.2) is 0 Å². The second kappa shape index (κ2) is 8.30. The summed E-state index contributed by atoms with van der Waals surface area (Å²) in [5.41, 5.74) is 17.4. The molecule has 8 nitrogen and oxygen atoms in total. The van der Waals surface area contributed by atoms with Crippen molar-refractivity contribution >= 4 is 17.6 Å². The largest absolute Gasteiger partial charge is 0.403 e. The first-order chi connectivity index (χ1) is 15.6. The average molecular weight is 428 g/mol. The Labute approximate surface area is 186 Å². The van der Waals surface area contributed by atoms with Crippen LogP contribution in [0.2, 0.25) is 0 Å².